The third-order valence-electron chi connectivity index (χ3n) is 2.67. The summed E-state index contributed by atoms with van der Waals surface area (Å²) in [5.74, 6) is 0.730. The normalized spacial score (nSPS) is 14.8. The van der Waals surface area contributed by atoms with Crippen LogP contribution in [0.1, 0.15) is 53.4 Å². The van der Waals surface area contributed by atoms with Crippen molar-refractivity contribution in [1.82, 2.24) is 0 Å². The average molecular weight is 228 g/mol. The van der Waals surface area contributed by atoms with Gasteiger partial charge < -0.3 is 9.47 Å². The molecule has 0 heterocycles. The SMILES string of the molecule is C=C(C)CCCC(C)CCOC(C)OCC. The van der Waals surface area contributed by atoms with Crippen molar-refractivity contribution in [3.63, 3.8) is 0 Å². The molecule has 96 valence electrons. The quantitative estimate of drug-likeness (QED) is 0.413. The molecule has 2 heteroatoms. The van der Waals surface area contributed by atoms with Crippen LogP contribution in [0, 0.1) is 5.92 Å². The maximum atomic E-state index is 5.54. The molecule has 0 bridgehead atoms. The molecular weight excluding hydrogens is 200 g/mol. The Kier molecular flexibility index (Phi) is 9.65. The molecule has 0 fully saturated rings. The Morgan fingerprint density at radius 3 is 2.44 bits per heavy atom. The molecule has 0 spiro atoms. The summed E-state index contributed by atoms with van der Waals surface area (Å²) in [6.07, 6.45) is 4.72. The molecular formula is C14H28O2. The van der Waals surface area contributed by atoms with Crippen LogP contribution >= 0.6 is 0 Å². The van der Waals surface area contributed by atoms with Crippen molar-refractivity contribution in [3.8, 4) is 0 Å². The van der Waals surface area contributed by atoms with Crippen LogP contribution in [-0.4, -0.2) is 19.5 Å². The first-order chi connectivity index (χ1) is 7.56. The fourth-order valence-corrected chi connectivity index (χ4v) is 1.61. The van der Waals surface area contributed by atoms with Gasteiger partial charge in [-0.15, -0.1) is 6.58 Å². The minimum Gasteiger partial charge on any atom is -0.353 e. The van der Waals surface area contributed by atoms with Crippen molar-refractivity contribution in [3.05, 3.63) is 12.2 Å². The first kappa shape index (κ1) is 15.7. The third kappa shape index (κ3) is 10.2. The smallest absolute Gasteiger partial charge is 0.154 e. The van der Waals surface area contributed by atoms with Gasteiger partial charge in [-0.1, -0.05) is 18.9 Å². The fraction of sp³-hybridized carbons (Fsp3) is 0.857. The van der Waals surface area contributed by atoms with Gasteiger partial charge in [-0.2, -0.15) is 0 Å². The van der Waals surface area contributed by atoms with Crippen molar-refractivity contribution < 1.29 is 9.47 Å². The zero-order valence-corrected chi connectivity index (χ0v) is 11.4. The monoisotopic (exact) mass is 228 g/mol. The summed E-state index contributed by atoms with van der Waals surface area (Å²) >= 11 is 0. The highest BCUT2D eigenvalue weighted by Crippen LogP contribution is 2.14. The first-order valence-corrected chi connectivity index (χ1v) is 6.43. The van der Waals surface area contributed by atoms with Gasteiger partial charge >= 0.3 is 0 Å². The minimum absolute atomic E-state index is 0.0624. The van der Waals surface area contributed by atoms with Crippen molar-refractivity contribution in [2.75, 3.05) is 13.2 Å². The molecule has 0 aliphatic carbocycles. The molecule has 0 saturated carbocycles. The molecule has 0 aromatic heterocycles. The molecule has 2 unspecified atom stereocenters. The lowest BCUT2D eigenvalue weighted by atomic mass is 9.99. The Labute approximate surface area is 101 Å². The molecule has 0 radical (unpaired) electrons. The lowest BCUT2D eigenvalue weighted by Crippen LogP contribution is -2.14. The number of hydrogen-bond donors (Lipinski definition) is 0. The van der Waals surface area contributed by atoms with Gasteiger partial charge in [0.15, 0.2) is 6.29 Å². The van der Waals surface area contributed by atoms with Crippen LogP contribution in [0.2, 0.25) is 0 Å². The molecule has 0 aromatic rings. The molecule has 2 nitrogen and oxygen atoms in total. The second kappa shape index (κ2) is 9.86. The number of ether oxygens (including phenoxy) is 2. The van der Waals surface area contributed by atoms with E-state index in [0.717, 1.165) is 32.0 Å². The van der Waals surface area contributed by atoms with Crippen LogP contribution in [0.15, 0.2) is 12.2 Å². The van der Waals surface area contributed by atoms with Crippen molar-refractivity contribution in [1.29, 1.82) is 0 Å². The van der Waals surface area contributed by atoms with Gasteiger partial charge in [-0.3, -0.25) is 0 Å². The topological polar surface area (TPSA) is 18.5 Å². The summed E-state index contributed by atoms with van der Waals surface area (Å²) in [5, 5.41) is 0. The Bertz CT molecular complexity index is 178. The minimum atomic E-state index is -0.0624. The van der Waals surface area contributed by atoms with E-state index in [1.807, 2.05) is 13.8 Å². The molecule has 0 amide bonds. The van der Waals surface area contributed by atoms with E-state index in [9.17, 15) is 0 Å². The Morgan fingerprint density at radius 2 is 1.88 bits per heavy atom. The van der Waals surface area contributed by atoms with Crippen LogP contribution in [0.4, 0.5) is 0 Å². The average Bonchev–Trinajstić information content (AvgIpc) is 2.17. The second-order valence-electron chi connectivity index (χ2n) is 4.64. The van der Waals surface area contributed by atoms with E-state index >= 15 is 0 Å². The molecule has 0 rings (SSSR count). The largest absolute Gasteiger partial charge is 0.353 e. The molecule has 2 atom stereocenters. The highest BCUT2D eigenvalue weighted by molar-refractivity contribution is 4.87. The second-order valence-corrected chi connectivity index (χ2v) is 4.64. The van der Waals surface area contributed by atoms with E-state index in [0.29, 0.717) is 0 Å². The first-order valence-electron chi connectivity index (χ1n) is 6.43. The van der Waals surface area contributed by atoms with Crippen LogP contribution in [0.3, 0.4) is 0 Å². The van der Waals surface area contributed by atoms with Gasteiger partial charge in [0.25, 0.3) is 0 Å². The number of hydrogen-bond acceptors (Lipinski definition) is 2. The predicted octanol–water partition coefficient (Wildman–Crippen LogP) is 4.16. The van der Waals surface area contributed by atoms with Gasteiger partial charge in [0, 0.05) is 13.2 Å². The molecule has 0 N–H and O–H groups in total. The van der Waals surface area contributed by atoms with E-state index in [1.54, 1.807) is 0 Å². The van der Waals surface area contributed by atoms with Crippen LogP contribution in [0.5, 0.6) is 0 Å². The van der Waals surface area contributed by atoms with E-state index < -0.39 is 0 Å². The fourth-order valence-electron chi connectivity index (χ4n) is 1.61. The Morgan fingerprint density at radius 1 is 1.19 bits per heavy atom. The number of rotatable bonds is 10. The Balaban J connectivity index is 3.36. The van der Waals surface area contributed by atoms with Gasteiger partial charge in [-0.05, 0) is 46.0 Å². The molecule has 0 aliphatic heterocycles. The van der Waals surface area contributed by atoms with E-state index in [-0.39, 0.29) is 6.29 Å². The maximum Gasteiger partial charge on any atom is 0.154 e. The lowest BCUT2D eigenvalue weighted by Gasteiger charge is -2.15. The van der Waals surface area contributed by atoms with E-state index in [4.69, 9.17) is 9.47 Å². The highest BCUT2D eigenvalue weighted by atomic mass is 16.7. The zero-order chi connectivity index (χ0) is 12.4. The summed E-state index contributed by atoms with van der Waals surface area (Å²) < 4.78 is 10.8. The van der Waals surface area contributed by atoms with Crippen molar-refractivity contribution >= 4 is 0 Å². The van der Waals surface area contributed by atoms with E-state index in [1.165, 1.54) is 18.4 Å². The van der Waals surface area contributed by atoms with Crippen LogP contribution < -0.4 is 0 Å². The Hall–Kier alpha value is -0.340. The van der Waals surface area contributed by atoms with Gasteiger partial charge in [0.05, 0.1) is 0 Å². The van der Waals surface area contributed by atoms with Gasteiger partial charge in [-0.25, -0.2) is 0 Å². The van der Waals surface area contributed by atoms with E-state index in [2.05, 4.69) is 20.4 Å². The zero-order valence-electron chi connectivity index (χ0n) is 11.4. The molecule has 0 aromatic carbocycles. The molecule has 0 saturated heterocycles. The van der Waals surface area contributed by atoms with Crippen LogP contribution in [0.25, 0.3) is 0 Å². The number of allylic oxidation sites excluding steroid dienone is 1. The molecule has 16 heavy (non-hydrogen) atoms. The van der Waals surface area contributed by atoms with Crippen molar-refractivity contribution in [2.45, 2.75) is 59.7 Å². The maximum absolute atomic E-state index is 5.54. The summed E-state index contributed by atoms with van der Waals surface area (Å²) in [5.41, 5.74) is 1.29. The summed E-state index contributed by atoms with van der Waals surface area (Å²) in [7, 11) is 0. The lowest BCUT2D eigenvalue weighted by molar-refractivity contribution is -0.129. The summed E-state index contributed by atoms with van der Waals surface area (Å²) in [6, 6.07) is 0. The van der Waals surface area contributed by atoms with Crippen molar-refractivity contribution in [2.24, 2.45) is 5.92 Å². The third-order valence-corrected chi connectivity index (χ3v) is 2.67. The summed E-state index contributed by atoms with van der Waals surface area (Å²) in [4.78, 5) is 0. The van der Waals surface area contributed by atoms with Gasteiger partial charge in [0.2, 0.25) is 0 Å². The van der Waals surface area contributed by atoms with Gasteiger partial charge in [0.1, 0.15) is 0 Å². The van der Waals surface area contributed by atoms with Crippen LogP contribution in [-0.2, 0) is 9.47 Å². The summed E-state index contributed by atoms with van der Waals surface area (Å²) in [6.45, 7) is 13.8. The predicted molar refractivity (Wildman–Crippen MR) is 69.5 cm³/mol. The highest BCUT2D eigenvalue weighted by Gasteiger charge is 2.04. The molecule has 0 aliphatic rings. The standard InChI is InChI=1S/C14H28O2/c1-6-15-14(5)16-11-10-13(4)9-7-8-12(2)3/h13-14H,2,6-11H2,1,3-5H3.